The number of hydrogen-bond donors (Lipinski definition) is 1. The molecule has 0 spiro atoms. The Balaban J connectivity index is 1.32. The second-order valence-electron chi connectivity index (χ2n) is 9.70. The Morgan fingerprint density at radius 3 is 2.45 bits per heavy atom. The van der Waals surface area contributed by atoms with Crippen molar-refractivity contribution in [2.75, 3.05) is 11.5 Å². The molecule has 0 aromatic carbocycles. The molecular weight excluding hydrogens is 376 g/mol. The third kappa shape index (κ3) is 7.81. The molecule has 3 rings (SSSR count). The lowest BCUT2D eigenvalue weighted by Gasteiger charge is -2.30. The van der Waals surface area contributed by atoms with Crippen molar-refractivity contribution in [3.05, 3.63) is 24.3 Å². The summed E-state index contributed by atoms with van der Waals surface area (Å²) >= 11 is 2.14. The van der Waals surface area contributed by atoms with Crippen LogP contribution >= 0.6 is 11.8 Å². The number of carboxylic acids is 1. The second kappa shape index (κ2) is 12.9. The van der Waals surface area contributed by atoms with Crippen LogP contribution in [0.4, 0.5) is 0 Å². The lowest BCUT2D eigenvalue weighted by Crippen LogP contribution is -2.22. The average molecular weight is 419 g/mol. The van der Waals surface area contributed by atoms with Crippen LogP contribution in [0.1, 0.15) is 89.9 Å². The Bertz CT molecular complexity index is 533. The third-order valence-corrected chi connectivity index (χ3v) is 8.68. The minimum atomic E-state index is -0.673. The van der Waals surface area contributed by atoms with Gasteiger partial charge in [-0.25, -0.2) is 0 Å². The van der Waals surface area contributed by atoms with Crippen molar-refractivity contribution in [2.45, 2.75) is 89.9 Å². The van der Waals surface area contributed by atoms with E-state index in [0.717, 1.165) is 42.4 Å². The Morgan fingerprint density at radius 2 is 1.69 bits per heavy atom. The molecule has 0 unspecified atom stereocenters. The summed E-state index contributed by atoms with van der Waals surface area (Å²) in [6.45, 7) is 0. The summed E-state index contributed by atoms with van der Waals surface area (Å²) < 4.78 is 0. The van der Waals surface area contributed by atoms with Crippen LogP contribution in [-0.4, -0.2) is 22.6 Å². The van der Waals surface area contributed by atoms with Crippen LogP contribution in [0, 0.1) is 29.6 Å². The zero-order valence-corrected chi connectivity index (χ0v) is 19.1. The number of rotatable bonds is 12. The number of unbranched alkanes of at least 4 members (excludes halogenated alkanes) is 1. The largest absolute Gasteiger partial charge is 0.481 e. The highest BCUT2D eigenvalue weighted by atomic mass is 32.2. The second-order valence-corrected chi connectivity index (χ2v) is 10.8. The summed E-state index contributed by atoms with van der Waals surface area (Å²) in [4.78, 5) is 10.6. The predicted molar refractivity (Wildman–Crippen MR) is 125 cm³/mol. The molecule has 3 aliphatic carbocycles. The van der Waals surface area contributed by atoms with E-state index in [2.05, 4.69) is 36.1 Å². The average Bonchev–Trinajstić information content (AvgIpc) is 3.20. The van der Waals surface area contributed by atoms with Crippen LogP contribution in [0.15, 0.2) is 24.3 Å². The van der Waals surface area contributed by atoms with Gasteiger partial charge in [0.05, 0.1) is 0 Å². The first-order valence-corrected chi connectivity index (χ1v) is 13.5. The van der Waals surface area contributed by atoms with E-state index < -0.39 is 5.97 Å². The highest BCUT2D eigenvalue weighted by Crippen LogP contribution is 2.55. The molecule has 3 fully saturated rings. The van der Waals surface area contributed by atoms with Crippen molar-refractivity contribution in [3.63, 3.8) is 0 Å². The standard InChI is InChI=1S/C26H42O2S/c27-26(28)14-8-4-3-7-13-24-22-15-16-23(20-22)25(24)17-19-29-18-9-12-21-10-5-1-2-6-11-21/h3,7,9,12,21-25H,1-2,4-6,8,10-11,13-20H2,(H,27,28)/t22-,23+,24-,25+/m0/s1. The van der Waals surface area contributed by atoms with Crippen molar-refractivity contribution in [2.24, 2.45) is 29.6 Å². The number of thioether (sulfide) groups is 1. The number of carbonyl (C=O) groups is 1. The van der Waals surface area contributed by atoms with Crippen LogP contribution in [0.25, 0.3) is 0 Å². The van der Waals surface area contributed by atoms with Crippen LogP contribution in [-0.2, 0) is 4.79 Å². The molecule has 3 heteroatoms. The van der Waals surface area contributed by atoms with E-state index in [0.29, 0.717) is 6.42 Å². The SMILES string of the molecule is O=C(O)CCCC=CC[C@H]1[C@H]2CC[C@H](C2)[C@H]1CCSCC=CC1CCCCCC1. The molecule has 1 N–H and O–H groups in total. The number of aliphatic carboxylic acids is 1. The van der Waals surface area contributed by atoms with Gasteiger partial charge in [-0.15, -0.1) is 0 Å². The van der Waals surface area contributed by atoms with Gasteiger partial charge in [0, 0.05) is 12.2 Å². The quantitative estimate of drug-likeness (QED) is 0.202. The molecule has 0 heterocycles. The molecule has 0 amide bonds. The predicted octanol–water partition coefficient (Wildman–Crippen LogP) is 7.50. The highest BCUT2D eigenvalue weighted by molar-refractivity contribution is 7.99. The maximum atomic E-state index is 10.6. The molecule has 0 aromatic rings. The summed E-state index contributed by atoms with van der Waals surface area (Å²) in [5, 5.41) is 8.73. The normalized spacial score (nSPS) is 30.5. The van der Waals surface area contributed by atoms with Gasteiger partial charge in [-0.3, -0.25) is 4.79 Å². The highest BCUT2D eigenvalue weighted by Gasteiger charge is 2.46. The van der Waals surface area contributed by atoms with Gasteiger partial charge in [0.1, 0.15) is 0 Å². The van der Waals surface area contributed by atoms with Crippen molar-refractivity contribution >= 4 is 17.7 Å². The first kappa shape index (κ1) is 23.0. The van der Waals surface area contributed by atoms with E-state index in [1.165, 1.54) is 82.1 Å². The molecule has 3 saturated carbocycles. The summed E-state index contributed by atoms with van der Waals surface area (Å²) in [6, 6.07) is 0. The topological polar surface area (TPSA) is 37.3 Å². The van der Waals surface area contributed by atoms with Gasteiger partial charge in [-0.05, 0) is 93.1 Å². The van der Waals surface area contributed by atoms with E-state index in [1.807, 2.05) is 0 Å². The molecule has 0 aliphatic heterocycles. The Morgan fingerprint density at radius 1 is 0.931 bits per heavy atom. The fourth-order valence-electron chi connectivity index (χ4n) is 6.21. The minimum absolute atomic E-state index is 0.299. The van der Waals surface area contributed by atoms with Gasteiger partial charge in [-0.1, -0.05) is 50.0 Å². The lowest BCUT2D eigenvalue weighted by molar-refractivity contribution is -0.137. The molecule has 164 valence electrons. The fourth-order valence-corrected chi connectivity index (χ4v) is 7.06. The molecule has 0 saturated heterocycles. The number of hydrogen-bond acceptors (Lipinski definition) is 2. The maximum Gasteiger partial charge on any atom is 0.303 e. The maximum absolute atomic E-state index is 10.6. The van der Waals surface area contributed by atoms with Crippen LogP contribution in [0.3, 0.4) is 0 Å². The molecule has 0 aromatic heterocycles. The summed E-state index contributed by atoms with van der Waals surface area (Å²) in [7, 11) is 0. The molecule has 29 heavy (non-hydrogen) atoms. The zero-order chi connectivity index (χ0) is 20.3. The Hall–Kier alpha value is -0.700. The number of fused-ring (bicyclic) bond motifs is 2. The van der Waals surface area contributed by atoms with Crippen LogP contribution in [0.5, 0.6) is 0 Å². The van der Waals surface area contributed by atoms with Crippen molar-refractivity contribution < 1.29 is 9.90 Å². The molecule has 2 nitrogen and oxygen atoms in total. The van der Waals surface area contributed by atoms with Crippen LogP contribution < -0.4 is 0 Å². The van der Waals surface area contributed by atoms with E-state index in [-0.39, 0.29) is 0 Å². The molecule has 0 radical (unpaired) electrons. The smallest absolute Gasteiger partial charge is 0.303 e. The van der Waals surface area contributed by atoms with Gasteiger partial charge >= 0.3 is 5.97 Å². The zero-order valence-electron chi connectivity index (χ0n) is 18.3. The first-order chi connectivity index (χ1) is 14.2. The summed E-state index contributed by atoms with van der Waals surface area (Å²) in [6.07, 6.45) is 27.2. The third-order valence-electron chi connectivity index (χ3n) is 7.73. The molecule has 4 atom stereocenters. The van der Waals surface area contributed by atoms with E-state index >= 15 is 0 Å². The number of carboxylic acid groups (broad SMARTS) is 1. The van der Waals surface area contributed by atoms with Gasteiger partial charge in [0.25, 0.3) is 0 Å². The number of allylic oxidation sites excluding steroid dienone is 3. The van der Waals surface area contributed by atoms with Gasteiger partial charge in [0.2, 0.25) is 0 Å². The lowest BCUT2D eigenvalue weighted by atomic mass is 9.76. The van der Waals surface area contributed by atoms with E-state index in [4.69, 9.17) is 5.11 Å². The summed E-state index contributed by atoms with van der Waals surface area (Å²) in [5.74, 6) is 6.50. The van der Waals surface area contributed by atoms with Crippen molar-refractivity contribution in [3.8, 4) is 0 Å². The van der Waals surface area contributed by atoms with Gasteiger partial charge in [0.15, 0.2) is 0 Å². The van der Waals surface area contributed by atoms with Crippen molar-refractivity contribution in [1.82, 2.24) is 0 Å². The summed E-state index contributed by atoms with van der Waals surface area (Å²) in [5.41, 5.74) is 0. The van der Waals surface area contributed by atoms with E-state index in [1.54, 1.807) is 0 Å². The Kier molecular flexibility index (Phi) is 10.2. The minimum Gasteiger partial charge on any atom is -0.481 e. The van der Waals surface area contributed by atoms with Crippen molar-refractivity contribution in [1.29, 1.82) is 0 Å². The molecule has 2 bridgehead atoms. The van der Waals surface area contributed by atoms with E-state index in [9.17, 15) is 4.79 Å². The van der Waals surface area contributed by atoms with Gasteiger partial charge < -0.3 is 5.11 Å². The fraction of sp³-hybridized carbons (Fsp3) is 0.808. The molecule has 3 aliphatic rings. The molecular formula is C26H42O2S. The first-order valence-electron chi connectivity index (χ1n) is 12.3. The van der Waals surface area contributed by atoms with Crippen LogP contribution in [0.2, 0.25) is 0 Å². The monoisotopic (exact) mass is 418 g/mol. The van der Waals surface area contributed by atoms with Gasteiger partial charge in [-0.2, -0.15) is 11.8 Å². The Labute approximate surface area is 183 Å².